The van der Waals surface area contributed by atoms with Crippen LogP contribution in [0.15, 0.2) is 64.5 Å². The summed E-state index contributed by atoms with van der Waals surface area (Å²) in [6, 6.07) is 10.9. The minimum absolute atomic E-state index is 0.0251. The molecule has 6 nitrogen and oxygen atoms in total. The van der Waals surface area contributed by atoms with Crippen molar-refractivity contribution >= 4 is 27.4 Å². The maximum Gasteiger partial charge on any atom is 0.243 e. The monoisotopic (exact) mass is 407 g/mol. The van der Waals surface area contributed by atoms with Crippen molar-refractivity contribution in [3.05, 3.63) is 65.6 Å². The van der Waals surface area contributed by atoms with Gasteiger partial charge < -0.3 is 9.64 Å². The molecule has 2 aromatic carbocycles. The van der Waals surface area contributed by atoms with Gasteiger partial charge in [-0.1, -0.05) is 11.6 Å². The number of rotatable bonds is 5. The van der Waals surface area contributed by atoms with Crippen LogP contribution >= 0.6 is 11.6 Å². The summed E-state index contributed by atoms with van der Waals surface area (Å²) in [5.74, 6) is -0.0854. The molecule has 1 aromatic heterocycles. The zero-order chi connectivity index (χ0) is 19.6. The molecule has 140 valence electrons. The summed E-state index contributed by atoms with van der Waals surface area (Å²) in [4.78, 5) is 9.69. The minimum Gasteiger partial charge on any atom is -0.438 e. The van der Waals surface area contributed by atoms with E-state index >= 15 is 0 Å². The van der Waals surface area contributed by atoms with E-state index in [-0.39, 0.29) is 27.4 Å². The van der Waals surface area contributed by atoms with Gasteiger partial charge >= 0.3 is 0 Å². The predicted molar refractivity (Wildman–Crippen MR) is 99.7 cm³/mol. The van der Waals surface area contributed by atoms with Crippen LogP contribution in [0.2, 0.25) is 5.02 Å². The van der Waals surface area contributed by atoms with Crippen LogP contribution in [0.25, 0.3) is 0 Å². The molecule has 0 N–H and O–H groups in total. The quantitative estimate of drug-likeness (QED) is 0.637. The van der Waals surface area contributed by atoms with E-state index in [1.54, 1.807) is 19.0 Å². The lowest BCUT2D eigenvalue weighted by atomic mass is 10.3. The van der Waals surface area contributed by atoms with Crippen LogP contribution in [0, 0.1) is 5.82 Å². The van der Waals surface area contributed by atoms with Crippen LogP contribution in [-0.2, 0) is 9.84 Å². The van der Waals surface area contributed by atoms with Gasteiger partial charge in [0, 0.05) is 19.1 Å². The van der Waals surface area contributed by atoms with Gasteiger partial charge in [0.2, 0.25) is 21.7 Å². The van der Waals surface area contributed by atoms with Gasteiger partial charge in [-0.25, -0.2) is 17.8 Å². The fraction of sp³-hybridized carbons (Fsp3) is 0.111. The van der Waals surface area contributed by atoms with Crippen molar-refractivity contribution < 1.29 is 17.5 Å². The van der Waals surface area contributed by atoms with Crippen molar-refractivity contribution in [1.29, 1.82) is 0 Å². The zero-order valence-corrected chi connectivity index (χ0v) is 16.0. The maximum atomic E-state index is 13.1. The third-order valence-electron chi connectivity index (χ3n) is 3.55. The predicted octanol–water partition coefficient (Wildman–Crippen LogP) is 3.96. The molecule has 0 aliphatic carbocycles. The van der Waals surface area contributed by atoms with Crippen molar-refractivity contribution in [2.75, 3.05) is 19.0 Å². The molecule has 3 aromatic rings. The van der Waals surface area contributed by atoms with Gasteiger partial charge in [-0.05, 0) is 48.5 Å². The van der Waals surface area contributed by atoms with Crippen LogP contribution in [0.3, 0.4) is 0 Å². The Kier molecular flexibility index (Phi) is 5.29. The lowest BCUT2D eigenvalue weighted by Crippen LogP contribution is -2.15. The highest BCUT2D eigenvalue weighted by Gasteiger charge is 2.25. The number of hydrogen-bond donors (Lipinski definition) is 0. The van der Waals surface area contributed by atoms with Gasteiger partial charge in [-0.15, -0.1) is 0 Å². The van der Waals surface area contributed by atoms with Crippen LogP contribution < -0.4 is 9.64 Å². The van der Waals surface area contributed by atoms with E-state index in [0.717, 1.165) is 0 Å². The number of ether oxygens (including phenoxy) is 1. The van der Waals surface area contributed by atoms with Crippen LogP contribution in [-0.4, -0.2) is 32.5 Å². The molecule has 0 unspecified atom stereocenters. The first-order valence-corrected chi connectivity index (χ1v) is 9.62. The lowest BCUT2D eigenvalue weighted by Gasteiger charge is -2.15. The number of hydrogen-bond acceptors (Lipinski definition) is 6. The van der Waals surface area contributed by atoms with E-state index in [1.165, 1.54) is 54.7 Å². The smallest absolute Gasteiger partial charge is 0.243 e. The Morgan fingerprint density at radius 3 is 2.26 bits per heavy atom. The zero-order valence-electron chi connectivity index (χ0n) is 14.4. The summed E-state index contributed by atoms with van der Waals surface area (Å²) >= 11 is 5.83. The first kappa shape index (κ1) is 19.1. The fourth-order valence-corrected chi connectivity index (χ4v) is 3.56. The molecule has 27 heavy (non-hydrogen) atoms. The van der Waals surface area contributed by atoms with Crippen LogP contribution in [0.5, 0.6) is 11.6 Å². The molecule has 0 saturated heterocycles. The van der Waals surface area contributed by atoms with E-state index in [0.29, 0.717) is 5.02 Å². The number of benzene rings is 2. The van der Waals surface area contributed by atoms with Gasteiger partial charge in [0.25, 0.3) is 0 Å². The van der Waals surface area contributed by atoms with E-state index in [1.807, 2.05) is 0 Å². The molecule has 0 radical (unpaired) electrons. The molecular formula is C18H15ClFN3O3S. The topological polar surface area (TPSA) is 72.4 Å². The third kappa shape index (κ3) is 4.17. The Morgan fingerprint density at radius 2 is 1.67 bits per heavy atom. The van der Waals surface area contributed by atoms with Crippen LogP contribution in [0.4, 0.5) is 10.3 Å². The summed E-state index contributed by atoms with van der Waals surface area (Å²) in [5, 5.41) is 0.413. The van der Waals surface area contributed by atoms with Gasteiger partial charge in [0.1, 0.15) is 11.6 Å². The molecule has 1 heterocycles. The summed E-state index contributed by atoms with van der Waals surface area (Å²) < 4.78 is 44.8. The lowest BCUT2D eigenvalue weighted by molar-refractivity contribution is 0.444. The largest absolute Gasteiger partial charge is 0.438 e. The Labute approximate surface area is 161 Å². The molecule has 0 spiro atoms. The van der Waals surface area contributed by atoms with Crippen molar-refractivity contribution in [1.82, 2.24) is 9.97 Å². The molecule has 0 bridgehead atoms. The SMILES string of the molecule is CN(C)c1ncc(S(=O)(=O)c2ccc(Cl)cc2)c(Oc2ccc(F)cc2)n1. The maximum absolute atomic E-state index is 13.1. The second-order valence-electron chi connectivity index (χ2n) is 5.75. The normalized spacial score (nSPS) is 11.3. The Hall–Kier alpha value is -2.71. The fourth-order valence-electron chi connectivity index (χ4n) is 2.17. The Balaban J connectivity index is 2.11. The molecule has 0 amide bonds. The second-order valence-corrected chi connectivity index (χ2v) is 8.10. The van der Waals surface area contributed by atoms with Crippen molar-refractivity contribution in [3.8, 4) is 11.6 Å². The van der Waals surface area contributed by atoms with E-state index in [9.17, 15) is 12.8 Å². The van der Waals surface area contributed by atoms with Gasteiger partial charge in [-0.3, -0.25) is 0 Å². The summed E-state index contributed by atoms with van der Waals surface area (Å²) in [7, 11) is -0.533. The summed E-state index contributed by atoms with van der Waals surface area (Å²) in [6.45, 7) is 0. The summed E-state index contributed by atoms with van der Waals surface area (Å²) in [5.41, 5.74) is 0. The Bertz CT molecular complexity index is 1060. The van der Waals surface area contributed by atoms with E-state index < -0.39 is 15.7 Å². The standard InChI is InChI=1S/C18H15ClFN3O3S/c1-23(2)18-21-11-16(27(24,25)15-9-3-12(19)4-10-15)17(22-18)26-14-7-5-13(20)6-8-14/h3-11H,1-2H3. The number of nitrogens with zero attached hydrogens (tertiary/aromatic N) is 3. The molecule has 0 atom stereocenters. The van der Waals surface area contributed by atoms with Crippen LogP contribution in [0.1, 0.15) is 0 Å². The molecule has 0 saturated carbocycles. The molecule has 0 fully saturated rings. The number of anilines is 1. The number of sulfone groups is 1. The number of aromatic nitrogens is 2. The Morgan fingerprint density at radius 1 is 1.04 bits per heavy atom. The first-order valence-electron chi connectivity index (χ1n) is 7.76. The first-order chi connectivity index (χ1) is 12.8. The highest BCUT2D eigenvalue weighted by molar-refractivity contribution is 7.91. The van der Waals surface area contributed by atoms with Gasteiger partial charge in [0.15, 0.2) is 4.90 Å². The molecular weight excluding hydrogens is 393 g/mol. The minimum atomic E-state index is -3.96. The highest BCUT2D eigenvalue weighted by atomic mass is 35.5. The van der Waals surface area contributed by atoms with E-state index in [2.05, 4.69) is 9.97 Å². The van der Waals surface area contributed by atoms with E-state index in [4.69, 9.17) is 16.3 Å². The second kappa shape index (κ2) is 7.50. The average molecular weight is 408 g/mol. The molecule has 0 aliphatic heterocycles. The molecule has 9 heteroatoms. The van der Waals surface area contributed by atoms with Crippen molar-refractivity contribution in [2.24, 2.45) is 0 Å². The molecule has 3 rings (SSSR count). The summed E-state index contributed by atoms with van der Waals surface area (Å²) in [6.07, 6.45) is 1.19. The van der Waals surface area contributed by atoms with Gasteiger partial charge in [0.05, 0.1) is 11.1 Å². The van der Waals surface area contributed by atoms with Crippen molar-refractivity contribution in [2.45, 2.75) is 9.79 Å². The van der Waals surface area contributed by atoms with Crippen molar-refractivity contribution in [3.63, 3.8) is 0 Å². The number of halogens is 2. The highest BCUT2D eigenvalue weighted by Crippen LogP contribution is 2.32. The van der Waals surface area contributed by atoms with Gasteiger partial charge in [-0.2, -0.15) is 4.98 Å². The molecule has 0 aliphatic rings. The average Bonchev–Trinajstić information content (AvgIpc) is 2.64. The third-order valence-corrected chi connectivity index (χ3v) is 5.56.